The van der Waals surface area contributed by atoms with Gasteiger partial charge in [-0.25, -0.2) is 9.59 Å². The van der Waals surface area contributed by atoms with Crippen LogP contribution in [0.3, 0.4) is 0 Å². The number of methoxy groups -OCH3 is 2. The molecule has 1 unspecified atom stereocenters. The number of fused-ring (bicyclic) bond motifs is 1. The van der Waals surface area contributed by atoms with Gasteiger partial charge in [-0.3, -0.25) is 0 Å². The summed E-state index contributed by atoms with van der Waals surface area (Å²) in [6.07, 6.45) is 2.31. The molecule has 0 radical (unpaired) electrons. The number of carbonyl (C=O) groups is 2. The third kappa shape index (κ3) is 5.94. The van der Waals surface area contributed by atoms with Gasteiger partial charge in [0.15, 0.2) is 23.0 Å². The third-order valence-electron chi connectivity index (χ3n) is 6.43. The van der Waals surface area contributed by atoms with E-state index in [0.29, 0.717) is 34.6 Å². The molecule has 2 heterocycles. The number of carbonyl (C=O) groups excluding carboxylic acids is 2. The number of esters is 2. The average molecular weight is 554 g/mol. The predicted octanol–water partition coefficient (Wildman–Crippen LogP) is 4.26. The van der Waals surface area contributed by atoms with Gasteiger partial charge in [-0.1, -0.05) is 36.4 Å². The lowest BCUT2D eigenvalue weighted by atomic mass is 9.92. The number of benzene rings is 3. The van der Waals surface area contributed by atoms with Crippen LogP contribution in [0.4, 0.5) is 0 Å². The molecule has 0 amide bonds. The molecule has 39 heavy (non-hydrogen) atoms. The summed E-state index contributed by atoms with van der Waals surface area (Å²) in [5.74, 6) is 0.769. The Morgan fingerprint density at radius 3 is 2.38 bits per heavy atom. The van der Waals surface area contributed by atoms with Gasteiger partial charge in [0.1, 0.15) is 6.04 Å². The molecule has 10 heteroatoms. The first-order chi connectivity index (χ1) is 18.5. The van der Waals surface area contributed by atoms with Crippen LogP contribution in [0.1, 0.15) is 22.7 Å². The van der Waals surface area contributed by atoms with Crippen LogP contribution in [0.15, 0.2) is 66.2 Å². The van der Waals surface area contributed by atoms with E-state index >= 15 is 0 Å². The van der Waals surface area contributed by atoms with Crippen LogP contribution < -0.4 is 29.4 Å². The topological polar surface area (TPSA) is 116 Å². The highest BCUT2D eigenvalue weighted by atomic mass is 35.5. The quantitative estimate of drug-likeness (QED) is 0.248. The van der Waals surface area contributed by atoms with Gasteiger partial charge in [0, 0.05) is 11.5 Å². The van der Waals surface area contributed by atoms with E-state index in [-0.39, 0.29) is 49.0 Å². The fraction of sp³-hybridized carbons (Fsp3) is 0.241. The van der Waals surface area contributed by atoms with Gasteiger partial charge in [0.25, 0.3) is 0 Å². The number of hydrogen-bond acceptors (Lipinski definition) is 9. The summed E-state index contributed by atoms with van der Waals surface area (Å²) in [6.45, 7) is 0.461. The van der Waals surface area contributed by atoms with Crippen LogP contribution in [0.5, 0.6) is 28.7 Å². The second-order valence-electron chi connectivity index (χ2n) is 8.85. The van der Waals surface area contributed by atoms with Gasteiger partial charge < -0.3 is 34.2 Å². The van der Waals surface area contributed by atoms with Crippen molar-refractivity contribution in [2.45, 2.75) is 12.5 Å². The number of hydrogen-bond donors (Lipinski definition) is 1. The Kier molecular flexibility index (Phi) is 8.63. The molecule has 0 aliphatic carbocycles. The second-order valence-corrected chi connectivity index (χ2v) is 8.85. The highest BCUT2D eigenvalue weighted by molar-refractivity contribution is 5.96. The van der Waals surface area contributed by atoms with Crippen molar-refractivity contribution in [1.29, 1.82) is 0 Å². The SMILES string of the molecule is COc1cc(/C=C2\C(=O)OCC2Cc2ccc3c(c2)OCO3)cc(OC)c1OC(=O)[C@@H](N)c1ccccc1.Cl. The molecule has 2 aliphatic heterocycles. The number of nitrogens with two attached hydrogens (primary N) is 1. The summed E-state index contributed by atoms with van der Waals surface area (Å²) in [4.78, 5) is 25.4. The Balaban J connectivity index is 0.00000353. The maximum Gasteiger partial charge on any atom is 0.334 e. The molecule has 0 bridgehead atoms. The third-order valence-corrected chi connectivity index (χ3v) is 6.43. The predicted molar refractivity (Wildman–Crippen MR) is 144 cm³/mol. The Hall–Kier alpha value is -4.21. The van der Waals surface area contributed by atoms with Crippen molar-refractivity contribution >= 4 is 30.4 Å². The molecule has 5 rings (SSSR count). The Bertz CT molecular complexity index is 1370. The molecule has 2 atom stereocenters. The first-order valence-corrected chi connectivity index (χ1v) is 12.0. The summed E-state index contributed by atoms with van der Waals surface area (Å²) in [7, 11) is 2.90. The lowest BCUT2D eigenvalue weighted by Crippen LogP contribution is -2.26. The van der Waals surface area contributed by atoms with E-state index < -0.39 is 18.0 Å². The maximum absolute atomic E-state index is 12.8. The van der Waals surface area contributed by atoms with Crippen LogP contribution >= 0.6 is 12.4 Å². The molecular formula is C29H28ClNO8. The maximum atomic E-state index is 12.8. The largest absolute Gasteiger partial charge is 0.493 e. The number of ether oxygens (including phenoxy) is 6. The highest BCUT2D eigenvalue weighted by Gasteiger charge is 2.31. The molecule has 0 spiro atoms. The molecule has 9 nitrogen and oxygen atoms in total. The van der Waals surface area contributed by atoms with Gasteiger partial charge >= 0.3 is 11.9 Å². The zero-order valence-electron chi connectivity index (χ0n) is 21.4. The summed E-state index contributed by atoms with van der Waals surface area (Å²) in [5.41, 5.74) is 8.85. The van der Waals surface area contributed by atoms with E-state index in [1.54, 1.807) is 42.5 Å². The van der Waals surface area contributed by atoms with E-state index in [9.17, 15) is 9.59 Å². The molecule has 0 saturated carbocycles. The fourth-order valence-electron chi connectivity index (χ4n) is 4.44. The summed E-state index contributed by atoms with van der Waals surface area (Å²) < 4.78 is 32.8. The Labute approximate surface area is 231 Å². The van der Waals surface area contributed by atoms with Crippen molar-refractivity contribution in [3.05, 3.63) is 82.9 Å². The molecule has 2 N–H and O–H groups in total. The summed E-state index contributed by atoms with van der Waals surface area (Å²) >= 11 is 0. The highest BCUT2D eigenvalue weighted by Crippen LogP contribution is 2.41. The Morgan fingerprint density at radius 2 is 1.69 bits per heavy atom. The molecule has 2 aliphatic rings. The zero-order chi connectivity index (χ0) is 26.6. The standard InChI is InChI=1S/C29H27NO8.ClH/c1-33-24-13-18(14-25(34-2)27(24)38-29(32)26(30)19-6-4-3-5-7-19)11-21-20(15-35-28(21)31)10-17-8-9-22-23(12-17)37-16-36-22;/h3-9,11-14,20,26H,10,15-16,30H2,1-2H3;1H/b21-11-;/t20?,26-;/m0./s1. The summed E-state index contributed by atoms with van der Waals surface area (Å²) in [5, 5.41) is 0. The van der Waals surface area contributed by atoms with E-state index in [1.807, 2.05) is 24.3 Å². The van der Waals surface area contributed by atoms with Crippen LogP contribution in [0.2, 0.25) is 0 Å². The van der Waals surface area contributed by atoms with Gasteiger partial charge in [-0.15, -0.1) is 12.4 Å². The lowest BCUT2D eigenvalue weighted by Gasteiger charge is -2.17. The first-order valence-electron chi connectivity index (χ1n) is 12.0. The smallest absolute Gasteiger partial charge is 0.334 e. The second kappa shape index (κ2) is 12.1. The van der Waals surface area contributed by atoms with E-state index in [0.717, 1.165) is 5.56 Å². The molecule has 0 aromatic heterocycles. The van der Waals surface area contributed by atoms with Crippen molar-refractivity contribution in [3.8, 4) is 28.7 Å². The van der Waals surface area contributed by atoms with Crippen molar-refractivity contribution in [2.24, 2.45) is 11.7 Å². The van der Waals surface area contributed by atoms with Crippen molar-refractivity contribution < 1.29 is 38.0 Å². The number of halogens is 1. The lowest BCUT2D eigenvalue weighted by molar-refractivity contribution is -0.136. The molecule has 1 saturated heterocycles. The van der Waals surface area contributed by atoms with Gasteiger partial charge in [0.2, 0.25) is 12.5 Å². The van der Waals surface area contributed by atoms with E-state index in [2.05, 4.69) is 0 Å². The van der Waals surface area contributed by atoms with Crippen LogP contribution in [0.25, 0.3) is 6.08 Å². The van der Waals surface area contributed by atoms with Gasteiger partial charge in [0.05, 0.1) is 20.8 Å². The minimum absolute atomic E-state index is 0. The molecular weight excluding hydrogens is 526 g/mol. The fourth-order valence-corrected chi connectivity index (χ4v) is 4.44. The van der Waals surface area contributed by atoms with Crippen molar-refractivity contribution in [2.75, 3.05) is 27.6 Å². The molecule has 204 valence electrons. The van der Waals surface area contributed by atoms with Gasteiger partial charge in [-0.05, 0) is 53.5 Å². The van der Waals surface area contributed by atoms with E-state index in [4.69, 9.17) is 34.2 Å². The van der Waals surface area contributed by atoms with Crippen LogP contribution in [0, 0.1) is 5.92 Å². The van der Waals surface area contributed by atoms with Gasteiger partial charge in [-0.2, -0.15) is 0 Å². The van der Waals surface area contributed by atoms with E-state index in [1.165, 1.54) is 14.2 Å². The average Bonchev–Trinajstić information content (AvgIpc) is 3.55. The monoisotopic (exact) mass is 553 g/mol. The van der Waals surface area contributed by atoms with Crippen LogP contribution in [-0.2, 0) is 20.7 Å². The normalized spacial score (nSPS) is 17.3. The summed E-state index contributed by atoms with van der Waals surface area (Å²) in [6, 6.07) is 17.0. The first kappa shape index (κ1) is 27.8. The number of cyclic esters (lactones) is 1. The van der Waals surface area contributed by atoms with Crippen LogP contribution in [-0.4, -0.2) is 39.6 Å². The molecule has 1 fully saturated rings. The molecule has 3 aromatic carbocycles. The minimum Gasteiger partial charge on any atom is -0.493 e. The Morgan fingerprint density at radius 1 is 1.00 bits per heavy atom. The minimum atomic E-state index is -0.988. The van der Waals surface area contributed by atoms with Crippen molar-refractivity contribution in [3.63, 3.8) is 0 Å². The van der Waals surface area contributed by atoms with Crippen molar-refractivity contribution in [1.82, 2.24) is 0 Å². The molecule has 3 aromatic rings. The number of rotatable bonds is 8. The zero-order valence-corrected chi connectivity index (χ0v) is 22.2.